The Bertz CT molecular complexity index is 1140. The Balaban J connectivity index is 1.73. The number of amides is 2. The Labute approximate surface area is 162 Å². The predicted octanol–water partition coefficient (Wildman–Crippen LogP) is 2.55. The number of alkyl halides is 3. The van der Waals surface area contributed by atoms with Crippen molar-refractivity contribution in [3.8, 4) is 0 Å². The van der Waals surface area contributed by atoms with E-state index in [9.17, 15) is 27.6 Å². The van der Waals surface area contributed by atoms with Crippen molar-refractivity contribution in [2.45, 2.75) is 13.1 Å². The maximum atomic E-state index is 12.5. The fourth-order valence-corrected chi connectivity index (χ4v) is 2.52. The van der Waals surface area contributed by atoms with Gasteiger partial charge in [0.15, 0.2) is 0 Å². The third kappa shape index (κ3) is 4.78. The van der Waals surface area contributed by atoms with E-state index < -0.39 is 30.1 Å². The highest BCUT2D eigenvalue weighted by atomic mass is 19.4. The van der Waals surface area contributed by atoms with Gasteiger partial charge in [-0.2, -0.15) is 13.2 Å². The summed E-state index contributed by atoms with van der Waals surface area (Å²) in [5.41, 5.74) is 0.842. The summed E-state index contributed by atoms with van der Waals surface area (Å²) >= 11 is 0. The summed E-state index contributed by atoms with van der Waals surface area (Å²) in [4.78, 5) is 40.7. The van der Waals surface area contributed by atoms with Gasteiger partial charge in [-0.15, -0.1) is 0 Å². The highest BCUT2D eigenvalue weighted by molar-refractivity contribution is 6.04. The molecular weight excluding hydrogens is 389 g/mol. The predicted molar refractivity (Wildman–Crippen MR) is 99.0 cm³/mol. The topological polar surface area (TPSA) is 92.6 Å². The van der Waals surface area contributed by atoms with Crippen molar-refractivity contribution in [1.29, 1.82) is 0 Å². The number of hydrogen-bond acceptors (Lipinski definition) is 4. The van der Waals surface area contributed by atoms with E-state index in [1.54, 1.807) is 17.4 Å². The minimum atomic E-state index is -4.51. The number of anilines is 1. The smallest absolute Gasteiger partial charge is 0.343 e. The van der Waals surface area contributed by atoms with Crippen LogP contribution in [0.4, 0.5) is 18.9 Å². The molecule has 2 amide bonds. The fraction of sp³-hybridized carbons (Fsp3) is 0.158. The molecule has 10 heteroatoms. The monoisotopic (exact) mass is 404 g/mol. The molecule has 0 aliphatic carbocycles. The second-order valence-corrected chi connectivity index (χ2v) is 6.24. The molecule has 7 nitrogen and oxygen atoms in total. The summed E-state index contributed by atoms with van der Waals surface area (Å²) in [5, 5.41) is 4.24. The molecular formula is C19H15F3N4O3. The number of pyridine rings is 1. The van der Waals surface area contributed by atoms with Gasteiger partial charge in [-0.3, -0.25) is 18.8 Å². The summed E-state index contributed by atoms with van der Waals surface area (Å²) in [5.74, 6) is -1.60. The van der Waals surface area contributed by atoms with Crippen molar-refractivity contribution in [1.82, 2.24) is 14.7 Å². The lowest BCUT2D eigenvalue weighted by Crippen LogP contribution is -2.33. The van der Waals surface area contributed by atoms with Gasteiger partial charge in [0, 0.05) is 23.6 Å². The van der Waals surface area contributed by atoms with Crippen molar-refractivity contribution in [2.75, 3.05) is 11.9 Å². The van der Waals surface area contributed by atoms with Gasteiger partial charge in [0.2, 0.25) is 0 Å². The van der Waals surface area contributed by atoms with Crippen LogP contribution in [-0.4, -0.2) is 33.9 Å². The van der Waals surface area contributed by atoms with Gasteiger partial charge in [-0.1, -0.05) is 0 Å². The largest absolute Gasteiger partial charge is 0.405 e. The first-order chi connectivity index (χ1) is 13.6. The molecule has 0 saturated carbocycles. The van der Waals surface area contributed by atoms with Gasteiger partial charge in [0.05, 0.1) is 0 Å². The van der Waals surface area contributed by atoms with Gasteiger partial charge < -0.3 is 10.6 Å². The highest BCUT2D eigenvalue weighted by Gasteiger charge is 2.27. The number of fused-ring (bicyclic) bond motifs is 1. The number of carbonyl (C=O) groups is 2. The zero-order valence-corrected chi connectivity index (χ0v) is 15.1. The molecule has 2 heterocycles. The number of carbonyl (C=O) groups excluding carboxylic acids is 2. The Hall–Kier alpha value is -3.69. The van der Waals surface area contributed by atoms with E-state index in [1.165, 1.54) is 41.1 Å². The van der Waals surface area contributed by atoms with Crippen LogP contribution < -0.4 is 16.2 Å². The number of rotatable bonds is 4. The minimum absolute atomic E-state index is 0.00457. The lowest BCUT2D eigenvalue weighted by atomic mass is 10.2. The van der Waals surface area contributed by atoms with Crippen molar-refractivity contribution in [3.63, 3.8) is 0 Å². The Kier molecular flexibility index (Phi) is 5.35. The molecule has 0 fully saturated rings. The average Bonchev–Trinajstić information content (AvgIpc) is 2.66. The first-order valence-electron chi connectivity index (χ1n) is 8.38. The lowest BCUT2D eigenvalue weighted by Gasteiger charge is -2.09. The van der Waals surface area contributed by atoms with Crippen LogP contribution in [0, 0.1) is 6.92 Å². The molecule has 1 aromatic carbocycles. The zero-order valence-electron chi connectivity index (χ0n) is 15.1. The Morgan fingerprint density at radius 1 is 1.10 bits per heavy atom. The normalized spacial score (nSPS) is 11.3. The maximum Gasteiger partial charge on any atom is 0.405 e. The van der Waals surface area contributed by atoms with Crippen LogP contribution in [0.2, 0.25) is 0 Å². The van der Waals surface area contributed by atoms with Crippen LogP contribution in [0.3, 0.4) is 0 Å². The zero-order chi connectivity index (χ0) is 21.2. The first-order valence-corrected chi connectivity index (χ1v) is 8.38. The van der Waals surface area contributed by atoms with E-state index >= 15 is 0 Å². The van der Waals surface area contributed by atoms with Crippen LogP contribution in [0.5, 0.6) is 0 Å². The SMILES string of the molecule is Cc1ccn2c(=O)c(C(=O)Nc3ccc(C(=O)NCC(F)(F)F)cc3)cnc2c1. The van der Waals surface area contributed by atoms with Crippen molar-refractivity contribution >= 4 is 23.1 Å². The van der Waals surface area contributed by atoms with E-state index in [2.05, 4.69) is 10.3 Å². The molecule has 0 aliphatic rings. The Morgan fingerprint density at radius 3 is 2.45 bits per heavy atom. The van der Waals surface area contributed by atoms with E-state index in [0.717, 1.165) is 5.56 Å². The van der Waals surface area contributed by atoms with Gasteiger partial charge in [0.1, 0.15) is 17.8 Å². The molecule has 0 radical (unpaired) electrons. The average molecular weight is 404 g/mol. The minimum Gasteiger partial charge on any atom is -0.343 e. The quantitative estimate of drug-likeness (QED) is 0.699. The molecule has 29 heavy (non-hydrogen) atoms. The molecule has 2 N–H and O–H groups in total. The summed E-state index contributed by atoms with van der Waals surface area (Å²) in [6.45, 7) is 0.405. The lowest BCUT2D eigenvalue weighted by molar-refractivity contribution is -0.123. The second kappa shape index (κ2) is 7.74. The van der Waals surface area contributed by atoms with Crippen LogP contribution in [0.25, 0.3) is 5.65 Å². The van der Waals surface area contributed by atoms with Gasteiger partial charge in [0.25, 0.3) is 17.4 Å². The Morgan fingerprint density at radius 2 is 1.79 bits per heavy atom. The molecule has 150 valence electrons. The number of hydrogen-bond donors (Lipinski definition) is 2. The van der Waals surface area contributed by atoms with E-state index in [4.69, 9.17) is 0 Å². The number of nitrogens with zero attached hydrogens (tertiary/aromatic N) is 2. The molecule has 0 atom stereocenters. The number of aryl methyl sites for hydroxylation is 1. The van der Waals surface area contributed by atoms with Crippen LogP contribution in [0.15, 0.2) is 53.6 Å². The van der Waals surface area contributed by atoms with E-state index in [1.807, 2.05) is 6.92 Å². The third-order valence-electron chi connectivity index (χ3n) is 3.96. The molecule has 0 bridgehead atoms. The van der Waals surface area contributed by atoms with E-state index in [0.29, 0.717) is 5.65 Å². The maximum absolute atomic E-state index is 12.5. The third-order valence-corrected chi connectivity index (χ3v) is 3.96. The van der Waals surface area contributed by atoms with Gasteiger partial charge >= 0.3 is 6.18 Å². The van der Waals surface area contributed by atoms with Crippen molar-refractivity contribution < 1.29 is 22.8 Å². The summed E-state index contributed by atoms with van der Waals surface area (Å²) in [6.07, 6.45) is -1.82. The van der Waals surface area contributed by atoms with E-state index in [-0.39, 0.29) is 16.8 Å². The second-order valence-electron chi connectivity index (χ2n) is 6.24. The first kappa shape index (κ1) is 20.1. The summed E-state index contributed by atoms with van der Waals surface area (Å²) in [6, 6.07) is 8.61. The summed E-state index contributed by atoms with van der Waals surface area (Å²) < 4.78 is 37.7. The molecule has 0 unspecified atom stereocenters. The fourth-order valence-electron chi connectivity index (χ4n) is 2.52. The molecule has 0 saturated heterocycles. The molecule has 0 spiro atoms. The van der Waals surface area contributed by atoms with Crippen LogP contribution >= 0.6 is 0 Å². The van der Waals surface area contributed by atoms with Crippen molar-refractivity contribution in [2.24, 2.45) is 0 Å². The molecule has 2 aromatic heterocycles. The highest BCUT2D eigenvalue weighted by Crippen LogP contribution is 2.14. The molecule has 3 aromatic rings. The molecule has 3 rings (SSSR count). The number of benzene rings is 1. The standard InChI is InChI=1S/C19H15F3N4O3/c1-11-6-7-26-15(8-11)23-9-14(18(26)29)17(28)25-13-4-2-12(3-5-13)16(27)24-10-19(20,21)22/h2-9H,10H2,1H3,(H,24,27)(H,25,28). The van der Waals surface area contributed by atoms with Crippen LogP contribution in [0.1, 0.15) is 26.3 Å². The number of aromatic nitrogens is 2. The van der Waals surface area contributed by atoms with Gasteiger partial charge in [-0.05, 0) is 48.9 Å². The van der Waals surface area contributed by atoms with Crippen LogP contribution in [-0.2, 0) is 0 Å². The molecule has 0 aliphatic heterocycles. The number of nitrogens with one attached hydrogen (secondary N) is 2. The number of halogens is 3. The van der Waals surface area contributed by atoms with Gasteiger partial charge in [-0.25, -0.2) is 4.98 Å². The summed E-state index contributed by atoms with van der Waals surface area (Å²) in [7, 11) is 0. The van der Waals surface area contributed by atoms with Crippen molar-refractivity contribution in [3.05, 3.63) is 75.8 Å².